The first kappa shape index (κ1) is 17.1. The van der Waals surface area contributed by atoms with Gasteiger partial charge >= 0.3 is 5.97 Å². The number of piperidine rings is 1. The Morgan fingerprint density at radius 2 is 1.88 bits per heavy atom. The number of carbonyl (C=O) groups is 2. The number of amidine groups is 1. The number of benzene rings is 1. The standard InChI is InChI=1S/C20H24N2O4/c1-3-4-9-19(2)17(24)21-18(26-19)22-12-10-20(11-13-22)15-8-6-5-7-14(15)16(23)25-20/h5-8H,3-4,9-13H2,1-2H3/t19-/m1/s1. The maximum atomic E-state index is 12.3. The van der Waals surface area contributed by atoms with E-state index in [1.54, 1.807) is 0 Å². The van der Waals surface area contributed by atoms with Crippen LogP contribution in [0.5, 0.6) is 0 Å². The third kappa shape index (κ3) is 2.59. The van der Waals surface area contributed by atoms with Gasteiger partial charge in [-0.1, -0.05) is 31.5 Å². The lowest BCUT2D eigenvalue weighted by atomic mass is 9.84. The molecule has 6 nitrogen and oxygen atoms in total. The highest BCUT2D eigenvalue weighted by Crippen LogP contribution is 2.44. The van der Waals surface area contributed by atoms with Gasteiger partial charge in [0.2, 0.25) is 0 Å². The highest BCUT2D eigenvalue weighted by atomic mass is 16.6. The predicted molar refractivity (Wildman–Crippen MR) is 95.8 cm³/mol. The Bertz CT molecular complexity index is 780. The van der Waals surface area contributed by atoms with Crippen LogP contribution in [0.1, 0.15) is 61.9 Å². The number of amides is 1. The summed E-state index contributed by atoms with van der Waals surface area (Å²) >= 11 is 0. The van der Waals surface area contributed by atoms with Crippen LogP contribution in [0.25, 0.3) is 0 Å². The molecule has 1 atom stereocenters. The molecule has 0 aliphatic carbocycles. The van der Waals surface area contributed by atoms with Gasteiger partial charge < -0.3 is 14.4 Å². The molecule has 0 unspecified atom stereocenters. The van der Waals surface area contributed by atoms with Crippen molar-refractivity contribution in [1.29, 1.82) is 0 Å². The predicted octanol–water partition coefficient (Wildman–Crippen LogP) is 3.01. The van der Waals surface area contributed by atoms with Gasteiger partial charge in [0.05, 0.1) is 5.56 Å². The van der Waals surface area contributed by atoms with Crippen molar-refractivity contribution >= 4 is 17.9 Å². The van der Waals surface area contributed by atoms with Crippen molar-refractivity contribution in [2.24, 2.45) is 4.99 Å². The number of rotatable bonds is 3. The van der Waals surface area contributed by atoms with E-state index in [9.17, 15) is 9.59 Å². The first-order valence-corrected chi connectivity index (χ1v) is 9.37. The smallest absolute Gasteiger partial charge is 0.339 e. The normalized spacial score (nSPS) is 26.5. The molecule has 6 heteroatoms. The SMILES string of the molecule is CCCC[C@@]1(C)OC(N2CCC3(CC2)OC(=O)c2ccccc23)=NC1=O. The van der Waals surface area contributed by atoms with Crippen LogP contribution in [-0.4, -0.2) is 41.5 Å². The zero-order chi connectivity index (χ0) is 18.4. The Morgan fingerprint density at radius 1 is 1.15 bits per heavy atom. The third-order valence-electron chi connectivity index (χ3n) is 5.74. The molecule has 4 rings (SSSR count). The Morgan fingerprint density at radius 3 is 2.62 bits per heavy atom. The molecule has 0 radical (unpaired) electrons. The number of ether oxygens (including phenoxy) is 2. The molecule has 3 heterocycles. The van der Waals surface area contributed by atoms with Gasteiger partial charge in [0.25, 0.3) is 11.9 Å². The minimum absolute atomic E-state index is 0.195. The van der Waals surface area contributed by atoms with Crippen molar-refractivity contribution in [3.63, 3.8) is 0 Å². The minimum Gasteiger partial charge on any atom is -0.450 e. The number of likely N-dealkylation sites (tertiary alicyclic amines) is 1. The molecule has 3 aliphatic heterocycles. The fourth-order valence-corrected chi connectivity index (χ4v) is 4.06. The van der Waals surface area contributed by atoms with Crippen molar-refractivity contribution < 1.29 is 19.1 Å². The van der Waals surface area contributed by atoms with Crippen molar-refractivity contribution in [3.8, 4) is 0 Å². The lowest BCUT2D eigenvalue weighted by molar-refractivity contribution is -0.130. The van der Waals surface area contributed by atoms with Crippen LogP contribution in [0, 0.1) is 0 Å². The summed E-state index contributed by atoms with van der Waals surface area (Å²) in [6, 6.07) is 8.02. The molecule has 1 fully saturated rings. The van der Waals surface area contributed by atoms with E-state index < -0.39 is 11.2 Å². The monoisotopic (exact) mass is 356 g/mol. The number of aliphatic imine (C=N–C) groups is 1. The summed E-state index contributed by atoms with van der Waals surface area (Å²) in [5.41, 5.74) is 0.242. The summed E-state index contributed by atoms with van der Waals surface area (Å²) in [5, 5.41) is 0. The Kier molecular flexibility index (Phi) is 4.01. The van der Waals surface area contributed by atoms with Crippen molar-refractivity contribution in [2.75, 3.05) is 13.1 Å². The summed E-state index contributed by atoms with van der Waals surface area (Å²) in [5.74, 6) is -0.440. The van der Waals surface area contributed by atoms with E-state index >= 15 is 0 Å². The van der Waals surface area contributed by atoms with Crippen molar-refractivity contribution in [2.45, 2.75) is 57.2 Å². The Hall–Kier alpha value is -2.37. The Balaban J connectivity index is 1.46. The molecule has 0 bridgehead atoms. The molecule has 3 aliphatic rings. The van der Waals surface area contributed by atoms with Gasteiger partial charge in [0.15, 0.2) is 5.60 Å². The second-order valence-electron chi connectivity index (χ2n) is 7.55. The van der Waals surface area contributed by atoms with E-state index in [2.05, 4.69) is 11.9 Å². The average molecular weight is 356 g/mol. The van der Waals surface area contributed by atoms with Crippen LogP contribution in [0.2, 0.25) is 0 Å². The fourth-order valence-electron chi connectivity index (χ4n) is 4.06. The van der Waals surface area contributed by atoms with Gasteiger partial charge in [-0.15, -0.1) is 0 Å². The molecule has 26 heavy (non-hydrogen) atoms. The molecule has 1 spiro atoms. The van der Waals surface area contributed by atoms with E-state index in [0.29, 0.717) is 43.9 Å². The molecule has 0 saturated carbocycles. The molecular weight excluding hydrogens is 332 g/mol. The lowest BCUT2D eigenvalue weighted by Gasteiger charge is -2.39. The van der Waals surface area contributed by atoms with Crippen molar-refractivity contribution in [1.82, 2.24) is 4.90 Å². The maximum absolute atomic E-state index is 12.3. The summed E-state index contributed by atoms with van der Waals surface area (Å²) in [7, 11) is 0. The molecule has 1 saturated heterocycles. The van der Waals surface area contributed by atoms with E-state index in [1.807, 2.05) is 36.1 Å². The molecule has 138 valence electrons. The van der Waals surface area contributed by atoms with Gasteiger partial charge in [-0.05, 0) is 25.8 Å². The number of hydrogen-bond acceptors (Lipinski definition) is 5. The number of nitrogens with zero attached hydrogens (tertiary/aromatic N) is 2. The largest absolute Gasteiger partial charge is 0.450 e. The topological polar surface area (TPSA) is 68.2 Å². The number of carbonyl (C=O) groups excluding carboxylic acids is 2. The number of esters is 1. The van der Waals surface area contributed by atoms with Crippen LogP contribution >= 0.6 is 0 Å². The summed E-state index contributed by atoms with van der Waals surface area (Å²) in [6.07, 6.45) is 3.95. The minimum atomic E-state index is -0.840. The van der Waals surface area contributed by atoms with E-state index in [4.69, 9.17) is 9.47 Å². The van der Waals surface area contributed by atoms with E-state index in [-0.39, 0.29) is 11.9 Å². The van der Waals surface area contributed by atoms with Crippen LogP contribution in [0.4, 0.5) is 0 Å². The van der Waals surface area contributed by atoms with Crippen molar-refractivity contribution in [3.05, 3.63) is 35.4 Å². The average Bonchev–Trinajstić information content (AvgIpc) is 3.09. The van der Waals surface area contributed by atoms with E-state index in [0.717, 1.165) is 18.4 Å². The van der Waals surface area contributed by atoms with Gasteiger partial charge in [0.1, 0.15) is 5.60 Å². The summed E-state index contributed by atoms with van der Waals surface area (Å²) in [6.45, 7) is 5.19. The van der Waals surface area contributed by atoms with Crippen LogP contribution in [0.15, 0.2) is 29.3 Å². The van der Waals surface area contributed by atoms with Crippen LogP contribution < -0.4 is 0 Å². The van der Waals surface area contributed by atoms with E-state index in [1.165, 1.54) is 0 Å². The zero-order valence-corrected chi connectivity index (χ0v) is 15.3. The molecule has 1 aromatic rings. The van der Waals surface area contributed by atoms with Crippen LogP contribution in [0.3, 0.4) is 0 Å². The first-order chi connectivity index (χ1) is 12.5. The summed E-state index contributed by atoms with van der Waals surface area (Å²) < 4.78 is 11.7. The second kappa shape index (κ2) is 6.11. The molecule has 0 aromatic heterocycles. The second-order valence-corrected chi connectivity index (χ2v) is 7.55. The molecule has 1 aromatic carbocycles. The van der Waals surface area contributed by atoms with Gasteiger partial charge in [-0.2, -0.15) is 4.99 Å². The quantitative estimate of drug-likeness (QED) is 0.779. The fraction of sp³-hybridized carbons (Fsp3) is 0.550. The molecular formula is C20H24N2O4. The van der Waals surface area contributed by atoms with Crippen LogP contribution in [-0.2, 0) is 19.9 Å². The number of fused-ring (bicyclic) bond motifs is 2. The van der Waals surface area contributed by atoms with Gasteiger partial charge in [-0.25, -0.2) is 4.79 Å². The molecule has 0 N–H and O–H groups in total. The lowest BCUT2D eigenvalue weighted by Crippen LogP contribution is -2.46. The van der Waals surface area contributed by atoms with Gasteiger partial charge in [-0.3, -0.25) is 4.79 Å². The summed E-state index contributed by atoms with van der Waals surface area (Å²) in [4.78, 5) is 30.6. The first-order valence-electron chi connectivity index (χ1n) is 9.37. The Labute approximate surface area is 153 Å². The molecule has 1 amide bonds. The number of unbranched alkanes of at least 4 members (excludes halogenated alkanes) is 1. The highest BCUT2D eigenvalue weighted by Gasteiger charge is 2.49. The highest BCUT2D eigenvalue weighted by molar-refractivity contribution is 6.01. The van der Waals surface area contributed by atoms with Gasteiger partial charge in [0, 0.05) is 31.5 Å². The number of hydrogen-bond donors (Lipinski definition) is 0. The third-order valence-corrected chi connectivity index (χ3v) is 5.74. The maximum Gasteiger partial charge on any atom is 0.339 e. The zero-order valence-electron chi connectivity index (χ0n) is 15.3.